The van der Waals surface area contributed by atoms with E-state index in [0.29, 0.717) is 5.56 Å². The predicted molar refractivity (Wildman–Crippen MR) is 73.7 cm³/mol. The number of carbonyl (C=O) groups excluding carboxylic acids is 2. The second kappa shape index (κ2) is 5.62. The lowest BCUT2D eigenvalue weighted by atomic mass is 10.1. The molecule has 1 saturated heterocycles. The van der Waals surface area contributed by atoms with Gasteiger partial charge in [-0.15, -0.1) is 0 Å². The summed E-state index contributed by atoms with van der Waals surface area (Å²) < 4.78 is 37.6. The predicted octanol–water partition coefficient (Wildman–Crippen LogP) is 2.28. The molecule has 0 N–H and O–H groups in total. The van der Waals surface area contributed by atoms with Crippen LogP contribution in [0.15, 0.2) is 24.3 Å². The second-order valence-electron chi connectivity index (χ2n) is 5.46. The Morgan fingerprint density at radius 3 is 2.05 bits per heavy atom. The van der Waals surface area contributed by atoms with Crippen LogP contribution < -0.4 is 0 Å². The van der Waals surface area contributed by atoms with E-state index in [4.69, 9.17) is 0 Å². The Kier molecular flexibility index (Phi) is 4.17. The fraction of sp³-hybridized carbons (Fsp3) is 0.467. The van der Waals surface area contributed by atoms with Crippen LogP contribution in [-0.2, 0) is 22.3 Å². The van der Waals surface area contributed by atoms with Crippen molar-refractivity contribution in [3.05, 3.63) is 35.4 Å². The van der Waals surface area contributed by atoms with Crippen LogP contribution in [0.5, 0.6) is 0 Å². The Bertz CT molecular complexity index is 583. The minimum absolute atomic E-state index is 0.113. The van der Waals surface area contributed by atoms with Gasteiger partial charge in [-0.25, -0.2) is 0 Å². The van der Waals surface area contributed by atoms with Crippen LogP contribution in [0.25, 0.3) is 0 Å². The molecule has 1 aromatic carbocycles. The van der Waals surface area contributed by atoms with Gasteiger partial charge < -0.3 is 9.80 Å². The first-order valence-electron chi connectivity index (χ1n) is 6.86. The largest absolute Gasteiger partial charge is 0.416 e. The van der Waals surface area contributed by atoms with Gasteiger partial charge in [0.25, 0.3) is 0 Å². The number of piperazine rings is 1. The van der Waals surface area contributed by atoms with Crippen molar-refractivity contribution in [1.82, 2.24) is 9.80 Å². The summed E-state index contributed by atoms with van der Waals surface area (Å²) in [6, 6.07) is 3.42. The van der Waals surface area contributed by atoms with Gasteiger partial charge in [0.2, 0.25) is 11.8 Å². The Labute approximate surface area is 126 Å². The number of benzene rings is 1. The van der Waals surface area contributed by atoms with Gasteiger partial charge in [-0.3, -0.25) is 9.59 Å². The average molecular weight is 314 g/mol. The molecule has 22 heavy (non-hydrogen) atoms. The number of amides is 2. The van der Waals surface area contributed by atoms with Crippen molar-refractivity contribution < 1.29 is 22.8 Å². The van der Waals surface area contributed by atoms with E-state index in [1.807, 2.05) is 0 Å². The number of halogens is 3. The lowest BCUT2D eigenvalue weighted by molar-refractivity contribution is -0.159. The molecule has 0 aliphatic carbocycles. The fourth-order valence-corrected chi connectivity index (χ4v) is 2.43. The summed E-state index contributed by atoms with van der Waals surface area (Å²) in [6.07, 6.45) is -4.39. The van der Waals surface area contributed by atoms with E-state index < -0.39 is 23.8 Å². The normalized spacial score (nSPS) is 23.2. The van der Waals surface area contributed by atoms with E-state index in [0.717, 1.165) is 12.1 Å². The number of rotatable bonds is 2. The first-order valence-corrected chi connectivity index (χ1v) is 6.86. The molecule has 1 aromatic rings. The van der Waals surface area contributed by atoms with E-state index >= 15 is 0 Å². The highest BCUT2D eigenvalue weighted by molar-refractivity contribution is 5.96. The Morgan fingerprint density at radius 2 is 1.55 bits per heavy atom. The maximum absolute atomic E-state index is 12.5. The molecular formula is C15H17F3N2O2. The monoisotopic (exact) mass is 314 g/mol. The summed E-state index contributed by atoms with van der Waals surface area (Å²) in [7, 11) is 1.57. The van der Waals surface area contributed by atoms with Crippen LogP contribution in [0, 0.1) is 0 Å². The third-order valence-electron chi connectivity index (χ3n) is 4.03. The molecule has 4 nitrogen and oxygen atoms in total. The molecule has 0 aromatic heterocycles. The number of hydrogen-bond donors (Lipinski definition) is 0. The number of alkyl halides is 3. The number of nitrogens with zero attached hydrogens (tertiary/aromatic N) is 2. The van der Waals surface area contributed by atoms with Crippen LogP contribution in [0.1, 0.15) is 25.0 Å². The molecule has 120 valence electrons. The fourth-order valence-electron chi connectivity index (χ4n) is 2.43. The molecule has 2 amide bonds. The van der Waals surface area contributed by atoms with Crippen molar-refractivity contribution in [2.45, 2.75) is 38.7 Å². The number of carbonyl (C=O) groups is 2. The van der Waals surface area contributed by atoms with E-state index in [2.05, 4.69) is 0 Å². The van der Waals surface area contributed by atoms with Gasteiger partial charge in [-0.2, -0.15) is 13.2 Å². The second-order valence-corrected chi connectivity index (χ2v) is 5.46. The van der Waals surface area contributed by atoms with Gasteiger partial charge in [0.15, 0.2) is 0 Å². The minimum Gasteiger partial charge on any atom is -0.332 e. The first kappa shape index (κ1) is 16.3. The minimum atomic E-state index is -4.39. The first-order chi connectivity index (χ1) is 10.1. The molecule has 0 bridgehead atoms. The van der Waals surface area contributed by atoms with Crippen molar-refractivity contribution in [1.29, 1.82) is 0 Å². The molecular weight excluding hydrogens is 297 g/mol. The highest BCUT2D eigenvalue weighted by Gasteiger charge is 2.39. The van der Waals surface area contributed by atoms with E-state index in [1.165, 1.54) is 21.9 Å². The quantitative estimate of drug-likeness (QED) is 0.840. The van der Waals surface area contributed by atoms with E-state index in [-0.39, 0.29) is 18.4 Å². The van der Waals surface area contributed by atoms with Gasteiger partial charge in [0.1, 0.15) is 12.1 Å². The van der Waals surface area contributed by atoms with Crippen molar-refractivity contribution in [3.8, 4) is 0 Å². The Hall–Kier alpha value is -2.05. The van der Waals surface area contributed by atoms with Crippen molar-refractivity contribution in [3.63, 3.8) is 0 Å². The molecule has 2 atom stereocenters. The molecule has 0 unspecified atom stereocenters. The third kappa shape index (κ3) is 2.93. The smallest absolute Gasteiger partial charge is 0.332 e. The highest BCUT2D eigenvalue weighted by Crippen LogP contribution is 2.29. The van der Waals surface area contributed by atoms with Gasteiger partial charge in [0, 0.05) is 13.6 Å². The van der Waals surface area contributed by atoms with Gasteiger partial charge >= 0.3 is 6.18 Å². The van der Waals surface area contributed by atoms with E-state index in [1.54, 1.807) is 20.9 Å². The van der Waals surface area contributed by atoms with Crippen molar-refractivity contribution in [2.75, 3.05) is 7.05 Å². The van der Waals surface area contributed by atoms with Crippen LogP contribution in [-0.4, -0.2) is 40.7 Å². The van der Waals surface area contributed by atoms with Gasteiger partial charge in [0.05, 0.1) is 5.56 Å². The summed E-state index contributed by atoms with van der Waals surface area (Å²) in [6.45, 7) is 3.36. The molecule has 1 heterocycles. The summed E-state index contributed by atoms with van der Waals surface area (Å²) in [5.74, 6) is -0.395. The lowest BCUT2D eigenvalue weighted by Crippen LogP contribution is -2.61. The van der Waals surface area contributed by atoms with Gasteiger partial charge in [-0.1, -0.05) is 12.1 Å². The molecule has 0 saturated carbocycles. The van der Waals surface area contributed by atoms with Crippen molar-refractivity contribution >= 4 is 11.8 Å². The molecule has 0 spiro atoms. The molecule has 1 fully saturated rings. The molecule has 7 heteroatoms. The third-order valence-corrected chi connectivity index (χ3v) is 4.03. The number of likely N-dealkylation sites (N-methyl/N-ethyl adjacent to an activating group) is 1. The summed E-state index contributed by atoms with van der Waals surface area (Å²) in [4.78, 5) is 27.1. The molecule has 0 radical (unpaired) electrons. The lowest BCUT2D eigenvalue weighted by Gasteiger charge is -2.41. The maximum Gasteiger partial charge on any atom is 0.416 e. The van der Waals surface area contributed by atoms with Crippen LogP contribution >= 0.6 is 0 Å². The van der Waals surface area contributed by atoms with Crippen molar-refractivity contribution in [2.24, 2.45) is 0 Å². The summed E-state index contributed by atoms with van der Waals surface area (Å²) in [5, 5.41) is 0. The zero-order chi connectivity index (χ0) is 16.7. The Morgan fingerprint density at radius 1 is 1.00 bits per heavy atom. The zero-order valence-electron chi connectivity index (χ0n) is 12.5. The summed E-state index contributed by atoms with van der Waals surface area (Å²) in [5.41, 5.74) is -0.184. The van der Waals surface area contributed by atoms with Crippen LogP contribution in [0.4, 0.5) is 13.2 Å². The standard InChI is InChI=1S/C15H17F3N2O2/c1-9-14(22)20(10(2)13(21)19(9)3)8-11-4-6-12(7-5-11)15(16,17)18/h4-7,9-10H,8H2,1-3H3/t9-,10-/m0/s1. The van der Waals surface area contributed by atoms with E-state index in [9.17, 15) is 22.8 Å². The number of hydrogen-bond acceptors (Lipinski definition) is 2. The maximum atomic E-state index is 12.5. The SMILES string of the molecule is C[C@H]1C(=O)N(Cc2ccc(C(F)(F)F)cc2)[C@@H](C)C(=O)N1C. The molecule has 1 aliphatic heterocycles. The highest BCUT2D eigenvalue weighted by atomic mass is 19.4. The molecule has 2 rings (SSSR count). The van der Waals surface area contributed by atoms with Crippen LogP contribution in [0.3, 0.4) is 0 Å². The van der Waals surface area contributed by atoms with Gasteiger partial charge in [-0.05, 0) is 31.5 Å². The Balaban J connectivity index is 2.19. The molecule has 1 aliphatic rings. The average Bonchev–Trinajstić information content (AvgIpc) is 2.47. The van der Waals surface area contributed by atoms with Crippen LogP contribution in [0.2, 0.25) is 0 Å². The topological polar surface area (TPSA) is 40.6 Å². The zero-order valence-corrected chi connectivity index (χ0v) is 12.5. The summed E-state index contributed by atoms with van der Waals surface area (Å²) >= 11 is 0.